The van der Waals surface area contributed by atoms with Crippen LogP contribution >= 0.6 is 0 Å². The number of aryl methyl sites for hydroxylation is 1. The quantitative estimate of drug-likeness (QED) is 0.795. The summed E-state index contributed by atoms with van der Waals surface area (Å²) in [4.78, 5) is 24.7. The minimum absolute atomic E-state index is 0.364. The molecule has 1 aliphatic rings. The summed E-state index contributed by atoms with van der Waals surface area (Å²) in [6.45, 7) is 1.61. The molecular weight excluding hydrogens is 292 g/mol. The molecule has 23 heavy (non-hydrogen) atoms. The van der Waals surface area contributed by atoms with Crippen molar-refractivity contribution in [3.63, 3.8) is 0 Å². The van der Waals surface area contributed by atoms with Gasteiger partial charge in [0.1, 0.15) is 5.54 Å². The first kappa shape index (κ1) is 15.3. The number of aromatic amines is 1. The van der Waals surface area contributed by atoms with Gasteiger partial charge in [-0.05, 0) is 38.2 Å². The number of rotatable bonds is 4. The summed E-state index contributed by atoms with van der Waals surface area (Å²) in [6, 6.07) is 8.99. The topological polar surface area (TPSA) is 101 Å². The zero-order valence-corrected chi connectivity index (χ0v) is 13.1. The number of primary amides is 1. The average molecular weight is 312 g/mol. The zero-order valence-electron chi connectivity index (χ0n) is 13.1. The van der Waals surface area contributed by atoms with Crippen molar-refractivity contribution in [1.82, 2.24) is 15.5 Å². The van der Waals surface area contributed by atoms with Gasteiger partial charge in [0.25, 0.3) is 5.91 Å². The summed E-state index contributed by atoms with van der Waals surface area (Å²) in [5.74, 6) is -0.990. The Morgan fingerprint density at radius 2 is 1.91 bits per heavy atom. The second-order valence-corrected chi connectivity index (χ2v) is 6.05. The van der Waals surface area contributed by atoms with Crippen molar-refractivity contribution in [1.29, 1.82) is 0 Å². The molecule has 0 spiro atoms. The predicted molar refractivity (Wildman–Crippen MR) is 85.7 cm³/mol. The van der Waals surface area contributed by atoms with Crippen LogP contribution in [0.4, 0.5) is 0 Å². The number of nitrogens with two attached hydrogens (primary N) is 1. The van der Waals surface area contributed by atoms with Crippen molar-refractivity contribution >= 4 is 11.8 Å². The van der Waals surface area contributed by atoms with E-state index in [4.69, 9.17) is 5.73 Å². The van der Waals surface area contributed by atoms with Crippen molar-refractivity contribution in [2.24, 2.45) is 5.73 Å². The first-order chi connectivity index (χ1) is 11.0. The van der Waals surface area contributed by atoms with Crippen LogP contribution in [0.2, 0.25) is 0 Å². The molecule has 0 aliphatic heterocycles. The molecule has 1 aromatic heterocycles. The van der Waals surface area contributed by atoms with Gasteiger partial charge in [-0.2, -0.15) is 5.10 Å². The normalized spacial score (nSPS) is 16.2. The van der Waals surface area contributed by atoms with E-state index in [-0.39, 0.29) is 5.91 Å². The molecule has 1 unspecified atom stereocenters. The van der Waals surface area contributed by atoms with Crippen LogP contribution in [0.1, 0.15) is 47.1 Å². The molecule has 0 saturated carbocycles. The molecule has 4 N–H and O–H groups in total. The Morgan fingerprint density at radius 1 is 1.22 bits per heavy atom. The summed E-state index contributed by atoms with van der Waals surface area (Å²) in [7, 11) is 0. The van der Waals surface area contributed by atoms with E-state index in [0.29, 0.717) is 11.3 Å². The van der Waals surface area contributed by atoms with E-state index in [1.165, 1.54) is 0 Å². The fourth-order valence-electron chi connectivity index (χ4n) is 3.00. The molecule has 0 fully saturated rings. The summed E-state index contributed by atoms with van der Waals surface area (Å²) in [6.07, 6.45) is 3.87. The third kappa shape index (κ3) is 2.72. The van der Waals surface area contributed by atoms with E-state index in [1.54, 1.807) is 31.2 Å². The molecule has 3 rings (SSSR count). The number of carbonyl (C=O) groups is 2. The van der Waals surface area contributed by atoms with Crippen molar-refractivity contribution in [3.05, 3.63) is 52.8 Å². The SMILES string of the molecule is CC(NC(=O)c1n[nH]c2c1CCCC2)(C(N)=O)c1ccccc1. The number of nitrogens with one attached hydrogen (secondary N) is 2. The van der Waals surface area contributed by atoms with Gasteiger partial charge >= 0.3 is 0 Å². The zero-order chi connectivity index (χ0) is 16.4. The predicted octanol–water partition coefficient (Wildman–Crippen LogP) is 1.42. The molecule has 1 aromatic carbocycles. The lowest BCUT2D eigenvalue weighted by Crippen LogP contribution is -2.53. The number of benzene rings is 1. The third-order valence-electron chi connectivity index (χ3n) is 4.48. The second kappa shape index (κ2) is 5.87. The number of carbonyl (C=O) groups excluding carboxylic acids is 2. The van der Waals surface area contributed by atoms with E-state index >= 15 is 0 Å². The van der Waals surface area contributed by atoms with Crippen LogP contribution in [0.3, 0.4) is 0 Å². The van der Waals surface area contributed by atoms with Crippen molar-refractivity contribution in [2.45, 2.75) is 38.1 Å². The van der Waals surface area contributed by atoms with E-state index in [9.17, 15) is 9.59 Å². The van der Waals surface area contributed by atoms with Crippen LogP contribution in [0.5, 0.6) is 0 Å². The molecule has 0 bridgehead atoms. The number of fused-ring (bicyclic) bond motifs is 1. The van der Waals surface area contributed by atoms with Crippen molar-refractivity contribution in [3.8, 4) is 0 Å². The highest BCUT2D eigenvalue weighted by atomic mass is 16.2. The van der Waals surface area contributed by atoms with Gasteiger partial charge in [0.2, 0.25) is 5.91 Å². The van der Waals surface area contributed by atoms with Gasteiger partial charge in [0.15, 0.2) is 5.69 Å². The van der Waals surface area contributed by atoms with Gasteiger partial charge in [-0.1, -0.05) is 30.3 Å². The monoisotopic (exact) mass is 312 g/mol. The molecule has 1 heterocycles. The minimum atomic E-state index is -1.28. The molecule has 2 aromatic rings. The Labute approximate surface area is 134 Å². The van der Waals surface area contributed by atoms with Gasteiger partial charge in [-0.15, -0.1) is 0 Å². The van der Waals surface area contributed by atoms with Gasteiger partial charge in [-0.25, -0.2) is 0 Å². The smallest absolute Gasteiger partial charge is 0.273 e. The average Bonchev–Trinajstić information content (AvgIpc) is 2.99. The third-order valence-corrected chi connectivity index (χ3v) is 4.48. The summed E-state index contributed by atoms with van der Waals surface area (Å²) in [5.41, 5.74) is 7.26. The number of H-pyrrole nitrogens is 1. The Kier molecular flexibility index (Phi) is 3.90. The van der Waals surface area contributed by atoms with Crippen LogP contribution in [-0.2, 0) is 23.2 Å². The van der Waals surface area contributed by atoms with E-state index < -0.39 is 11.4 Å². The number of aromatic nitrogens is 2. The van der Waals surface area contributed by atoms with Gasteiger partial charge < -0.3 is 11.1 Å². The first-order valence-corrected chi connectivity index (χ1v) is 7.76. The highest BCUT2D eigenvalue weighted by Crippen LogP contribution is 2.24. The summed E-state index contributed by atoms with van der Waals surface area (Å²) >= 11 is 0. The van der Waals surface area contributed by atoms with Gasteiger partial charge in [-0.3, -0.25) is 14.7 Å². The maximum Gasteiger partial charge on any atom is 0.273 e. The second-order valence-electron chi connectivity index (χ2n) is 6.05. The number of amides is 2. The Balaban J connectivity index is 1.91. The Hall–Kier alpha value is -2.63. The number of nitrogens with zero attached hydrogens (tertiary/aromatic N) is 1. The van der Waals surface area contributed by atoms with Crippen LogP contribution in [-0.4, -0.2) is 22.0 Å². The van der Waals surface area contributed by atoms with E-state index in [2.05, 4.69) is 15.5 Å². The lowest BCUT2D eigenvalue weighted by Gasteiger charge is -2.28. The number of hydrogen-bond acceptors (Lipinski definition) is 3. The van der Waals surface area contributed by atoms with Crippen LogP contribution in [0, 0.1) is 0 Å². The van der Waals surface area contributed by atoms with Gasteiger partial charge in [0.05, 0.1) is 0 Å². The van der Waals surface area contributed by atoms with Crippen LogP contribution in [0.25, 0.3) is 0 Å². The molecule has 0 radical (unpaired) electrons. The van der Waals surface area contributed by atoms with Crippen molar-refractivity contribution in [2.75, 3.05) is 0 Å². The van der Waals surface area contributed by atoms with Gasteiger partial charge in [0, 0.05) is 11.3 Å². The van der Waals surface area contributed by atoms with E-state index in [0.717, 1.165) is 36.9 Å². The highest BCUT2D eigenvalue weighted by molar-refractivity contribution is 5.99. The lowest BCUT2D eigenvalue weighted by molar-refractivity contribution is -0.123. The minimum Gasteiger partial charge on any atom is -0.367 e. The summed E-state index contributed by atoms with van der Waals surface area (Å²) < 4.78 is 0. The maximum atomic E-state index is 12.7. The summed E-state index contributed by atoms with van der Waals surface area (Å²) in [5, 5.41) is 9.85. The largest absolute Gasteiger partial charge is 0.367 e. The molecule has 6 nitrogen and oxygen atoms in total. The highest BCUT2D eigenvalue weighted by Gasteiger charge is 2.36. The molecule has 1 atom stereocenters. The van der Waals surface area contributed by atoms with Crippen LogP contribution in [0.15, 0.2) is 30.3 Å². The molecule has 0 saturated heterocycles. The fraction of sp³-hybridized carbons (Fsp3) is 0.353. The van der Waals surface area contributed by atoms with E-state index in [1.807, 2.05) is 6.07 Å². The fourth-order valence-corrected chi connectivity index (χ4v) is 3.00. The Bertz CT molecular complexity index is 738. The maximum absolute atomic E-state index is 12.7. The van der Waals surface area contributed by atoms with Crippen molar-refractivity contribution < 1.29 is 9.59 Å². The number of hydrogen-bond donors (Lipinski definition) is 3. The molecule has 2 amide bonds. The molecule has 120 valence electrons. The van der Waals surface area contributed by atoms with Crippen LogP contribution < -0.4 is 11.1 Å². The molecular formula is C17H20N4O2. The molecule has 1 aliphatic carbocycles. The first-order valence-electron chi connectivity index (χ1n) is 7.76. The lowest BCUT2D eigenvalue weighted by atomic mass is 9.90. The molecule has 6 heteroatoms. The standard InChI is InChI=1S/C17H20N4O2/c1-17(16(18)23,11-7-3-2-4-8-11)19-15(22)14-12-9-5-6-10-13(12)20-21-14/h2-4,7-8H,5-6,9-10H2,1H3,(H2,18,23)(H,19,22)(H,20,21). The Morgan fingerprint density at radius 3 is 2.61 bits per heavy atom.